The lowest BCUT2D eigenvalue weighted by Gasteiger charge is -2.32. The Morgan fingerprint density at radius 2 is 1.17 bits per heavy atom. The standard InChI is InChI=1S/C31H34O4Si/c1-4-34-29(32)31(30(33)35-5-2)21-24(3)25(22-31)23-36(26-15-9-6-10-16-26,27-17-11-7-12-18-27)28-19-13-8-14-20-28/h6-20,23-24H,4-5,21-22H2,1-3H3/b25-23-. The summed E-state index contributed by atoms with van der Waals surface area (Å²) in [6.07, 6.45) is 0.701. The Morgan fingerprint density at radius 1 is 0.778 bits per heavy atom. The summed E-state index contributed by atoms with van der Waals surface area (Å²) in [6.45, 7) is 6.09. The van der Waals surface area contributed by atoms with Crippen LogP contribution in [0.5, 0.6) is 0 Å². The quantitative estimate of drug-likeness (QED) is 0.203. The molecular weight excluding hydrogens is 464 g/mol. The second kappa shape index (κ2) is 11.1. The van der Waals surface area contributed by atoms with Crippen molar-refractivity contribution in [1.82, 2.24) is 0 Å². The second-order valence-electron chi connectivity index (χ2n) is 9.43. The average Bonchev–Trinajstić information content (AvgIpc) is 3.26. The van der Waals surface area contributed by atoms with E-state index in [1.54, 1.807) is 13.8 Å². The monoisotopic (exact) mass is 498 g/mol. The molecule has 3 aromatic carbocycles. The van der Waals surface area contributed by atoms with Crippen LogP contribution in [-0.2, 0) is 19.1 Å². The predicted molar refractivity (Wildman–Crippen MR) is 146 cm³/mol. The Labute approximate surface area is 215 Å². The van der Waals surface area contributed by atoms with Crippen molar-refractivity contribution in [1.29, 1.82) is 0 Å². The molecule has 0 spiro atoms. The summed E-state index contributed by atoms with van der Waals surface area (Å²) >= 11 is 0. The van der Waals surface area contributed by atoms with Gasteiger partial charge in [0, 0.05) is 0 Å². The molecule has 1 saturated carbocycles. The van der Waals surface area contributed by atoms with Crippen molar-refractivity contribution in [3.63, 3.8) is 0 Å². The van der Waals surface area contributed by atoms with Crippen LogP contribution in [0.3, 0.4) is 0 Å². The average molecular weight is 499 g/mol. The Kier molecular flexibility index (Phi) is 7.90. The van der Waals surface area contributed by atoms with E-state index in [1.165, 1.54) is 15.6 Å². The van der Waals surface area contributed by atoms with Crippen LogP contribution in [0.1, 0.15) is 33.6 Å². The Morgan fingerprint density at radius 3 is 1.53 bits per heavy atom. The summed E-state index contributed by atoms with van der Waals surface area (Å²) in [4.78, 5) is 26.4. The minimum Gasteiger partial charge on any atom is -0.465 e. The molecule has 0 saturated heterocycles. The lowest BCUT2D eigenvalue weighted by atomic mass is 9.85. The van der Waals surface area contributed by atoms with E-state index in [0.717, 1.165) is 5.57 Å². The van der Waals surface area contributed by atoms with Gasteiger partial charge in [-0.2, -0.15) is 0 Å². The number of rotatable bonds is 8. The first-order valence-corrected chi connectivity index (χ1v) is 14.8. The number of carbonyl (C=O) groups excluding carboxylic acids is 2. The van der Waals surface area contributed by atoms with Gasteiger partial charge in [0.2, 0.25) is 0 Å². The summed E-state index contributed by atoms with van der Waals surface area (Å²) in [6, 6.07) is 31.8. The van der Waals surface area contributed by atoms with Gasteiger partial charge in [-0.3, -0.25) is 9.59 Å². The first-order valence-electron chi connectivity index (χ1n) is 12.7. The number of hydrogen-bond donors (Lipinski definition) is 0. The lowest BCUT2D eigenvalue weighted by Crippen LogP contribution is -2.66. The SMILES string of the molecule is CCOC(=O)C1(C(=O)OCC)C/C(=C/[Si](c2ccccc2)(c2ccccc2)c2ccccc2)C(C)C1. The van der Waals surface area contributed by atoms with Crippen molar-refractivity contribution in [2.45, 2.75) is 33.6 Å². The van der Waals surface area contributed by atoms with Crippen molar-refractivity contribution in [3.05, 3.63) is 102 Å². The molecule has 4 nitrogen and oxygen atoms in total. The molecule has 0 radical (unpaired) electrons. The van der Waals surface area contributed by atoms with Crippen molar-refractivity contribution in [2.75, 3.05) is 13.2 Å². The lowest BCUT2D eigenvalue weighted by molar-refractivity contribution is -0.171. The van der Waals surface area contributed by atoms with Crippen molar-refractivity contribution >= 4 is 35.6 Å². The van der Waals surface area contributed by atoms with Gasteiger partial charge >= 0.3 is 11.9 Å². The fraction of sp³-hybridized carbons (Fsp3) is 0.290. The fourth-order valence-electron chi connectivity index (χ4n) is 5.51. The summed E-state index contributed by atoms with van der Waals surface area (Å²) < 4.78 is 10.8. The molecule has 1 fully saturated rings. The van der Waals surface area contributed by atoms with E-state index < -0.39 is 25.4 Å². The van der Waals surface area contributed by atoms with Crippen LogP contribution in [0.25, 0.3) is 0 Å². The fourth-order valence-corrected chi connectivity index (χ4v) is 10.1. The Hall–Kier alpha value is -3.44. The summed E-state index contributed by atoms with van der Waals surface area (Å²) in [5.41, 5.74) is 2.22. The van der Waals surface area contributed by atoms with Gasteiger partial charge in [0.15, 0.2) is 13.5 Å². The molecule has 4 rings (SSSR count). The van der Waals surface area contributed by atoms with Crippen LogP contribution in [0.2, 0.25) is 0 Å². The summed E-state index contributed by atoms with van der Waals surface area (Å²) in [5, 5.41) is 3.77. The molecule has 0 bridgehead atoms. The molecule has 186 valence electrons. The molecule has 0 amide bonds. The van der Waals surface area contributed by atoms with Gasteiger partial charge in [0.25, 0.3) is 0 Å². The van der Waals surface area contributed by atoms with E-state index >= 15 is 0 Å². The molecule has 0 aromatic heterocycles. The molecule has 0 N–H and O–H groups in total. The van der Waals surface area contributed by atoms with Crippen molar-refractivity contribution < 1.29 is 19.1 Å². The van der Waals surface area contributed by atoms with Gasteiger partial charge in [-0.1, -0.05) is 109 Å². The molecule has 1 atom stereocenters. The van der Waals surface area contributed by atoms with Gasteiger partial charge in [-0.05, 0) is 48.2 Å². The zero-order valence-corrected chi connectivity index (χ0v) is 22.3. The highest BCUT2D eigenvalue weighted by molar-refractivity contribution is 7.14. The van der Waals surface area contributed by atoms with Gasteiger partial charge in [0.1, 0.15) is 0 Å². The van der Waals surface area contributed by atoms with Crippen LogP contribution in [-0.4, -0.2) is 33.2 Å². The van der Waals surface area contributed by atoms with Crippen LogP contribution in [0, 0.1) is 11.3 Å². The van der Waals surface area contributed by atoms with E-state index in [1.807, 2.05) is 18.2 Å². The minimum atomic E-state index is -2.67. The van der Waals surface area contributed by atoms with Gasteiger partial charge in [-0.15, -0.1) is 0 Å². The molecule has 0 heterocycles. The highest BCUT2D eigenvalue weighted by atomic mass is 28.3. The number of esters is 2. The Bertz CT molecular complexity index is 1090. The van der Waals surface area contributed by atoms with Crippen LogP contribution in [0.4, 0.5) is 0 Å². The van der Waals surface area contributed by atoms with Crippen LogP contribution < -0.4 is 15.6 Å². The molecule has 5 heteroatoms. The molecule has 3 aromatic rings. The molecular formula is C31H34O4Si. The summed E-state index contributed by atoms with van der Waals surface area (Å²) in [7, 11) is -2.67. The maximum atomic E-state index is 13.2. The maximum absolute atomic E-state index is 13.2. The number of allylic oxidation sites excluding steroid dienone is 1. The van der Waals surface area contributed by atoms with Gasteiger partial charge in [-0.25, -0.2) is 0 Å². The third-order valence-electron chi connectivity index (χ3n) is 7.22. The normalized spacial score (nSPS) is 18.1. The van der Waals surface area contributed by atoms with E-state index in [-0.39, 0.29) is 19.1 Å². The third kappa shape index (κ3) is 4.68. The first kappa shape index (κ1) is 25.6. The number of benzene rings is 3. The Balaban J connectivity index is 1.95. The van der Waals surface area contributed by atoms with E-state index in [2.05, 4.69) is 85.4 Å². The molecule has 36 heavy (non-hydrogen) atoms. The summed E-state index contributed by atoms with van der Waals surface area (Å²) in [5.74, 6) is -0.933. The highest BCUT2D eigenvalue weighted by Gasteiger charge is 2.55. The van der Waals surface area contributed by atoms with Crippen LogP contribution in [0.15, 0.2) is 102 Å². The first-order chi connectivity index (χ1) is 17.5. The van der Waals surface area contributed by atoms with Gasteiger partial charge < -0.3 is 9.47 Å². The molecule has 1 aliphatic carbocycles. The molecule has 1 aliphatic rings. The maximum Gasteiger partial charge on any atom is 0.323 e. The van der Waals surface area contributed by atoms with Crippen molar-refractivity contribution in [2.24, 2.45) is 11.3 Å². The largest absolute Gasteiger partial charge is 0.465 e. The third-order valence-corrected chi connectivity index (χ3v) is 11.8. The van der Waals surface area contributed by atoms with E-state index in [0.29, 0.717) is 12.8 Å². The number of hydrogen-bond acceptors (Lipinski definition) is 4. The van der Waals surface area contributed by atoms with Crippen LogP contribution >= 0.6 is 0 Å². The molecule has 1 unspecified atom stereocenters. The number of ether oxygens (including phenoxy) is 2. The van der Waals surface area contributed by atoms with E-state index in [9.17, 15) is 9.59 Å². The van der Waals surface area contributed by atoms with Crippen molar-refractivity contribution in [3.8, 4) is 0 Å². The minimum absolute atomic E-state index is 0.0295. The predicted octanol–water partition coefficient (Wildman–Crippen LogP) is 4.16. The highest BCUT2D eigenvalue weighted by Crippen LogP contribution is 2.47. The zero-order chi connectivity index (χ0) is 25.6. The smallest absolute Gasteiger partial charge is 0.323 e. The van der Waals surface area contributed by atoms with E-state index in [4.69, 9.17) is 9.47 Å². The topological polar surface area (TPSA) is 52.6 Å². The zero-order valence-electron chi connectivity index (χ0n) is 21.3. The second-order valence-corrected chi connectivity index (χ2v) is 13.1. The number of carbonyl (C=O) groups is 2. The van der Waals surface area contributed by atoms with Gasteiger partial charge in [0.05, 0.1) is 13.2 Å². The molecule has 0 aliphatic heterocycles.